The number of rotatable bonds is 1. The number of nitrogens with one attached hydrogen (secondary N) is 1. The fraction of sp³-hybridized carbons (Fsp3) is 0. The summed E-state index contributed by atoms with van der Waals surface area (Å²) in [7, 11) is 0. The number of para-hydroxylation sites is 2. The number of benzene rings is 1. The Morgan fingerprint density at radius 3 is 2.87 bits per heavy atom. The maximum atomic E-state index is 4.11. The van der Waals surface area contributed by atoms with Crippen LogP contribution in [0, 0.1) is 0 Å². The van der Waals surface area contributed by atoms with Gasteiger partial charge in [-0.2, -0.15) is 4.57 Å². The molecule has 1 aromatic carbocycles. The molecule has 2 aromatic heterocycles. The second kappa shape index (κ2) is 3.20. The van der Waals surface area contributed by atoms with Crippen molar-refractivity contribution >= 4 is 11.0 Å². The molecule has 0 aliphatic heterocycles. The number of pyridine rings is 1. The van der Waals surface area contributed by atoms with Gasteiger partial charge in [0.05, 0.1) is 6.20 Å². The molecule has 3 aromatic rings. The summed E-state index contributed by atoms with van der Waals surface area (Å²) in [6, 6.07) is 12.2. The molecule has 0 saturated heterocycles. The first-order valence-corrected chi connectivity index (χ1v) is 4.83. The molecule has 0 atom stereocenters. The van der Waals surface area contributed by atoms with Crippen LogP contribution in [0.5, 0.6) is 0 Å². The topological polar surface area (TPSA) is 32.6 Å². The van der Waals surface area contributed by atoms with Crippen molar-refractivity contribution in [3.63, 3.8) is 0 Å². The van der Waals surface area contributed by atoms with Crippen LogP contribution in [-0.2, 0) is 0 Å². The highest BCUT2D eigenvalue weighted by Gasteiger charge is 2.09. The van der Waals surface area contributed by atoms with E-state index in [0.29, 0.717) is 0 Å². The van der Waals surface area contributed by atoms with Gasteiger partial charge < -0.3 is 0 Å². The van der Waals surface area contributed by atoms with E-state index in [2.05, 4.69) is 26.7 Å². The Balaban J connectivity index is 2.28. The average molecular weight is 196 g/mol. The molecular weight excluding hydrogens is 186 g/mol. The zero-order valence-electron chi connectivity index (χ0n) is 8.09. The standard InChI is InChI=1S/C12H9N3/c1-2-6-12-11(5-1)14-9-15(12)10-4-3-7-13-8-10/h1-9H/p+1. The van der Waals surface area contributed by atoms with E-state index in [4.69, 9.17) is 0 Å². The lowest BCUT2D eigenvalue weighted by molar-refractivity contribution is -0.567. The predicted molar refractivity (Wildman–Crippen MR) is 57.6 cm³/mol. The van der Waals surface area contributed by atoms with Gasteiger partial charge >= 0.3 is 0 Å². The summed E-state index contributed by atoms with van der Waals surface area (Å²) < 4.78 is 2.09. The second-order valence-corrected chi connectivity index (χ2v) is 3.37. The van der Waals surface area contributed by atoms with Crippen molar-refractivity contribution in [3.05, 3.63) is 55.1 Å². The normalized spacial score (nSPS) is 10.7. The molecule has 0 radical (unpaired) electrons. The highest BCUT2D eigenvalue weighted by Crippen LogP contribution is 2.08. The number of imidazole rings is 1. The molecular formula is C12H10N3+. The van der Waals surface area contributed by atoms with Crippen molar-refractivity contribution in [2.75, 3.05) is 0 Å². The van der Waals surface area contributed by atoms with Gasteiger partial charge in [0, 0.05) is 6.20 Å². The number of H-pyrrole nitrogens is 1. The Kier molecular flexibility index (Phi) is 1.75. The van der Waals surface area contributed by atoms with Gasteiger partial charge in [0.15, 0.2) is 16.7 Å². The van der Waals surface area contributed by atoms with E-state index in [1.165, 1.54) is 0 Å². The number of hydrogen-bond donors (Lipinski definition) is 1. The summed E-state index contributed by atoms with van der Waals surface area (Å²) in [6.07, 6.45) is 5.57. The van der Waals surface area contributed by atoms with Gasteiger partial charge in [0.1, 0.15) is 0 Å². The Morgan fingerprint density at radius 1 is 1.07 bits per heavy atom. The highest BCUT2D eigenvalue weighted by atomic mass is 15.1. The molecule has 0 spiro atoms. The molecule has 3 rings (SSSR count). The van der Waals surface area contributed by atoms with Crippen LogP contribution in [0.2, 0.25) is 0 Å². The van der Waals surface area contributed by atoms with Crippen LogP contribution in [0.1, 0.15) is 0 Å². The van der Waals surface area contributed by atoms with Crippen LogP contribution < -0.4 is 4.57 Å². The van der Waals surface area contributed by atoms with E-state index in [9.17, 15) is 0 Å². The van der Waals surface area contributed by atoms with E-state index in [0.717, 1.165) is 16.7 Å². The van der Waals surface area contributed by atoms with Crippen LogP contribution in [0.25, 0.3) is 16.7 Å². The van der Waals surface area contributed by atoms with Crippen LogP contribution in [0.15, 0.2) is 55.1 Å². The molecule has 3 nitrogen and oxygen atoms in total. The van der Waals surface area contributed by atoms with Gasteiger partial charge in [-0.25, -0.2) is 4.98 Å². The van der Waals surface area contributed by atoms with Gasteiger partial charge in [0.25, 0.3) is 0 Å². The lowest BCUT2D eigenvalue weighted by Gasteiger charge is -1.94. The third kappa shape index (κ3) is 1.29. The molecule has 0 aliphatic rings. The lowest BCUT2D eigenvalue weighted by Crippen LogP contribution is -2.28. The summed E-state index contributed by atoms with van der Waals surface area (Å²) in [5.41, 5.74) is 3.35. The summed E-state index contributed by atoms with van der Waals surface area (Å²) in [6.45, 7) is 0. The van der Waals surface area contributed by atoms with E-state index >= 15 is 0 Å². The average Bonchev–Trinajstić information content (AvgIpc) is 2.74. The van der Waals surface area contributed by atoms with Gasteiger partial charge in [-0.3, -0.25) is 4.98 Å². The SMILES string of the molecule is c1cncc(-[n+]2c[nH]c3ccccc32)c1. The first-order valence-electron chi connectivity index (χ1n) is 4.83. The molecule has 0 fully saturated rings. The Hall–Kier alpha value is -2.16. The smallest absolute Gasteiger partial charge is 0.247 e. The lowest BCUT2D eigenvalue weighted by atomic mass is 10.3. The maximum absolute atomic E-state index is 4.11. The van der Waals surface area contributed by atoms with Gasteiger partial charge in [-0.05, 0) is 24.3 Å². The van der Waals surface area contributed by atoms with Crippen molar-refractivity contribution in [1.29, 1.82) is 0 Å². The first kappa shape index (κ1) is 8.17. The van der Waals surface area contributed by atoms with Gasteiger partial charge in [-0.1, -0.05) is 12.1 Å². The minimum atomic E-state index is 1.06. The molecule has 2 heterocycles. The van der Waals surface area contributed by atoms with Gasteiger partial charge in [-0.15, -0.1) is 0 Å². The minimum absolute atomic E-state index is 1.06. The van der Waals surface area contributed by atoms with Crippen molar-refractivity contribution in [2.24, 2.45) is 0 Å². The third-order valence-electron chi connectivity index (χ3n) is 2.44. The predicted octanol–water partition coefficient (Wildman–Crippen LogP) is 1.84. The van der Waals surface area contributed by atoms with Crippen LogP contribution >= 0.6 is 0 Å². The summed E-state index contributed by atoms with van der Waals surface area (Å²) >= 11 is 0. The number of nitrogens with zero attached hydrogens (tertiary/aromatic N) is 2. The van der Waals surface area contributed by atoms with Crippen molar-refractivity contribution in [3.8, 4) is 5.69 Å². The molecule has 72 valence electrons. The monoisotopic (exact) mass is 196 g/mol. The molecule has 1 N–H and O–H groups in total. The van der Waals surface area contributed by atoms with E-state index in [-0.39, 0.29) is 0 Å². The molecule has 0 aliphatic carbocycles. The molecule has 0 amide bonds. The third-order valence-corrected chi connectivity index (χ3v) is 2.44. The Morgan fingerprint density at radius 2 is 2.00 bits per heavy atom. The molecule has 15 heavy (non-hydrogen) atoms. The van der Waals surface area contributed by atoms with Crippen LogP contribution in [0.4, 0.5) is 0 Å². The fourth-order valence-corrected chi connectivity index (χ4v) is 1.72. The Bertz CT molecular complexity index is 584. The number of aromatic amines is 1. The van der Waals surface area contributed by atoms with E-state index in [1.807, 2.05) is 36.8 Å². The summed E-state index contributed by atoms with van der Waals surface area (Å²) in [5.74, 6) is 0. The van der Waals surface area contributed by atoms with Gasteiger partial charge in [0.2, 0.25) is 6.33 Å². The Labute approximate surface area is 87.0 Å². The zero-order chi connectivity index (χ0) is 10.1. The summed E-state index contributed by atoms with van der Waals surface area (Å²) in [4.78, 5) is 7.33. The number of hydrogen-bond acceptors (Lipinski definition) is 1. The largest absolute Gasteiger partial charge is 0.260 e. The first-order chi connectivity index (χ1) is 7.45. The quantitative estimate of drug-likeness (QED) is 0.592. The molecule has 0 saturated carbocycles. The number of aromatic nitrogens is 3. The van der Waals surface area contributed by atoms with E-state index in [1.54, 1.807) is 6.20 Å². The zero-order valence-corrected chi connectivity index (χ0v) is 8.09. The van der Waals surface area contributed by atoms with Crippen molar-refractivity contribution in [1.82, 2.24) is 9.97 Å². The fourth-order valence-electron chi connectivity index (χ4n) is 1.72. The summed E-state index contributed by atoms with van der Waals surface area (Å²) in [5, 5.41) is 0. The van der Waals surface area contributed by atoms with E-state index < -0.39 is 0 Å². The van der Waals surface area contributed by atoms with Crippen molar-refractivity contribution in [2.45, 2.75) is 0 Å². The molecule has 0 unspecified atom stereocenters. The highest BCUT2D eigenvalue weighted by molar-refractivity contribution is 5.71. The second-order valence-electron chi connectivity index (χ2n) is 3.37. The molecule has 3 heteroatoms. The van der Waals surface area contributed by atoms with Crippen LogP contribution in [-0.4, -0.2) is 9.97 Å². The number of fused-ring (bicyclic) bond motifs is 1. The molecule has 0 bridgehead atoms. The van der Waals surface area contributed by atoms with Crippen molar-refractivity contribution < 1.29 is 4.57 Å². The maximum Gasteiger partial charge on any atom is 0.247 e. The van der Waals surface area contributed by atoms with Crippen LogP contribution in [0.3, 0.4) is 0 Å². The minimum Gasteiger partial charge on any atom is -0.260 e.